The van der Waals surface area contributed by atoms with Gasteiger partial charge in [0.25, 0.3) is 5.91 Å². The van der Waals surface area contributed by atoms with Crippen LogP contribution in [0, 0.1) is 5.92 Å². The van der Waals surface area contributed by atoms with Gasteiger partial charge >= 0.3 is 0 Å². The first kappa shape index (κ1) is 12.2. The summed E-state index contributed by atoms with van der Waals surface area (Å²) in [6, 6.07) is 3.87. The summed E-state index contributed by atoms with van der Waals surface area (Å²) in [5.74, 6) is 0.802. The molecule has 1 aromatic rings. The van der Waals surface area contributed by atoms with Crippen LogP contribution in [0.4, 0.5) is 0 Å². The molecule has 1 saturated heterocycles. The lowest BCUT2D eigenvalue weighted by Gasteiger charge is -2.38. The van der Waals surface area contributed by atoms with Gasteiger partial charge in [0.2, 0.25) is 0 Å². The summed E-state index contributed by atoms with van der Waals surface area (Å²) >= 11 is 0. The fourth-order valence-corrected chi connectivity index (χ4v) is 2.61. The van der Waals surface area contributed by atoms with Gasteiger partial charge < -0.3 is 15.6 Å². The average Bonchev–Trinajstić information content (AvgIpc) is 2.91. The maximum Gasteiger partial charge on any atom is 0.270 e. The van der Waals surface area contributed by atoms with E-state index in [2.05, 4.69) is 11.9 Å². The first-order chi connectivity index (χ1) is 8.26. The highest BCUT2D eigenvalue weighted by Crippen LogP contribution is 2.25. The number of aromatic nitrogens is 1. The van der Waals surface area contributed by atoms with Crippen LogP contribution < -0.4 is 5.73 Å². The first-order valence-electron chi connectivity index (χ1n) is 6.40. The Morgan fingerprint density at radius 2 is 2.47 bits per heavy atom. The zero-order valence-electron chi connectivity index (χ0n) is 10.4. The van der Waals surface area contributed by atoms with Gasteiger partial charge in [-0.1, -0.05) is 13.3 Å². The standard InChI is InChI=1S/C13H21N3O/c1-2-10-5-7-16(11(8-10)9-14)13(17)12-4-3-6-15-12/h3-4,6,10-11,15H,2,5,7-9,14H2,1H3. The van der Waals surface area contributed by atoms with Crippen molar-refractivity contribution in [2.24, 2.45) is 11.7 Å². The molecule has 4 nitrogen and oxygen atoms in total. The second kappa shape index (κ2) is 5.36. The summed E-state index contributed by atoms with van der Waals surface area (Å²) in [4.78, 5) is 17.2. The molecule has 2 heterocycles. The molecule has 0 spiro atoms. The lowest BCUT2D eigenvalue weighted by molar-refractivity contribution is 0.0553. The van der Waals surface area contributed by atoms with Crippen LogP contribution in [0.5, 0.6) is 0 Å². The van der Waals surface area contributed by atoms with E-state index in [0.29, 0.717) is 12.2 Å². The van der Waals surface area contributed by atoms with Crippen LogP contribution >= 0.6 is 0 Å². The number of hydrogen-bond donors (Lipinski definition) is 2. The number of piperidine rings is 1. The quantitative estimate of drug-likeness (QED) is 0.836. The Balaban J connectivity index is 2.07. The topological polar surface area (TPSA) is 62.1 Å². The van der Waals surface area contributed by atoms with Gasteiger partial charge in [-0.25, -0.2) is 0 Å². The van der Waals surface area contributed by atoms with E-state index in [0.717, 1.165) is 25.3 Å². The van der Waals surface area contributed by atoms with E-state index in [9.17, 15) is 4.79 Å². The van der Waals surface area contributed by atoms with Gasteiger partial charge in [-0.3, -0.25) is 4.79 Å². The Kier molecular flexibility index (Phi) is 3.84. The van der Waals surface area contributed by atoms with E-state index in [1.807, 2.05) is 17.0 Å². The van der Waals surface area contributed by atoms with Crippen LogP contribution in [0.25, 0.3) is 0 Å². The molecular formula is C13H21N3O. The number of rotatable bonds is 3. The Morgan fingerprint density at radius 3 is 3.06 bits per heavy atom. The smallest absolute Gasteiger partial charge is 0.270 e. The summed E-state index contributed by atoms with van der Waals surface area (Å²) in [6.07, 6.45) is 5.10. The molecule has 0 radical (unpaired) electrons. The van der Waals surface area contributed by atoms with E-state index in [-0.39, 0.29) is 11.9 Å². The number of nitrogens with zero attached hydrogens (tertiary/aromatic N) is 1. The number of hydrogen-bond acceptors (Lipinski definition) is 2. The molecule has 4 heteroatoms. The molecule has 0 aromatic carbocycles. The first-order valence-corrected chi connectivity index (χ1v) is 6.40. The summed E-state index contributed by atoms with van der Waals surface area (Å²) in [7, 11) is 0. The Bertz CT molecular complexity index is 361. The second-order valence-corrected chi connectivity index (χ2v) is 4.77. The van der Waals surface area contributed by atoms with Crippen molar-refractivity contribution in [3.63, 3.8) is 0 Å². The van der Waals surface area contributed by atoms with Gasteiger partial charge in [-0.2, -0.15) is 0 Å². The Labute approximate surface area is 102 Å². The molecule has 0 saturated carbocycles. The van der Waals surface area contributed by atoms with E-state index in [4.69, 9.17) is 5.73 Å². The molecule has 3 N–H and O–H groups in total. The largest absolute Gasteiger partial charge is 0.357 e. The number of nitrogens with one attached hydrogen (secondary N) is 1. The predicted octanol–water partition coefficient (Wildman–Crippen LogP) is 1.60. The zero-order chi connectivity index (χ0) is 12.3. The highest BCUT2D eigenvalue weighted by molar-refractivity contribution is 5.92. The van der Waals surface area contributed by atoms with Crippen molar-refractivity contribution in [2.75, 3.05) is 13.1 Å². The maximum absolute atomic E-state index is 12.3. The van der Waals surface area contributed by atoms with Crippen LogP contribution in [0.1, 0.15) is 36.7 Å². The predicted molar refractivity (Wildman–Crippen MR) is 67.7 cm³/mol. The van der Waals surface area contributed by atoms with Gasteiger partial charge in [0, 0.05) is 25.3 Å². The monoisotopic (exact) mass is 235 g/mol. The van der Waals surface area contributed by atoms with Crippen molar-refractivity contribution >= 4 is 5.91 Å². The number of carbonyl (C=O) groups excluding carboxylic acids is 1. The average molecular weight is 235 g/mol. The highest BCUT2D eigenvalue weighted by atomic mass is 16.2. The molecule has 2 atom stereocenters. The Hall–Kier alpha value is -1.29. The molecular weight excluding hydrogens is 214 g/mol. The molecule has 1 aliphatic heterocycles. The number of aromatic amines is 1. The van der Waals surface area contributed by atoms with Crippen molar-refractivity contribution in [3.05, 3.63) is 24.0 Å². The number of nitrogens with two attached hydrogens (primary N) is 1. The molecule has 0 aliphatic carbocycles. The van der Waals surface area contributed by atoms with Crippen molar-refractivity contribution in [3.8, 4) is 0 Å². The van der Waals surface area contributed by atoms with Crippen LogP contribution in [0.15, 0.2) is 18.3 Å². The van der Waals surface area contributed by atoms with Crippen molar-refractivity contribution in [1.82, 2.24) is 9.88 Å². The summed E-state index contributed by atoms with van der Waals surface area (Å²) in [5.41, 5.74) is 6.46. The maximum atomic E-state index is 12.3. The number of carbonyl (C=O) groups is 1. The molecule has 0 bridgehead atoms. The Morgan fingerprint density at radius 1 is 1.65 bits per heavy atom. The minimum Gasteiger partial charge on any atom is -0.357 e. The van der Waals surface area contributed by atoms with Gasteiger partial charge in [0.05, 0.1) is 0 Å². The fourth-order valence-electron chi connectivity index (χ4n) is 2.61. The molecule has 94 valence electrons. The molecule has 2 rings (SSSR count). The molecule has 2 unspecified atom stereocenters. The molecule has 1 aromatic heterocycles. The SMILES string of the molecule is CCC1CCN(C(=O)c2ccc[nH]2)C(CN)C1. The third-order valence-electron chi connectivity index (χ3n) is 3.76. The summed E-state index contributed by atoms with van der Waals surface area (Å²) in [6.45, 7) is 3.60. The number of H-pyrrole nitrogens is 1. The van der Waals surface area contributed by atoms with E-state index >= 15 is 0 Å². The zero-order valence-corrected chi connectivity index (χ0v) is 10.4. The fraction of sp³-hybridized carbons (Fsp3) is 0.615. The highest BCUT2D eigenvalue weighted by Gasteiger charge is 2.30. The van der Waals surface area contributed by atoms with Gasteiger partial charge in [-0.15, -0.1) is 0 Å². The van der Waals surface area contributed by atoms with Crippen LogP contribution in [0.2, 0.25) is 0 Å². The third-order valence-corrected chi connectivity index (χ3v) is 3.76. The van der Waals surface area contributed by atoms with Gasteiger partial charge in [0.15, 0.2) is 0 Å². The molecule has 1 fully saturated rings. The van der Waals surface area contributed by atoms with Crippen LogP contribution in [0.3, 0.4) is 0 Å². The van der Waals surface area contributed by atoms with Crippen molar-refractivity contribution in [2.45, 2.75) is 32.2 Å². The number of amides is 1. The number of likely N-dealkylation sites (tertiary alicyclic amines) is 1. The van der Waals surface area contributed by atoms with Gasteiger partial charge in [0.1, 0.15) is 5.69 Å². The molecule has 1 aliphatic rings. The normalized spacial score (nSPS) is 24.9. The molecule has 17 heavy (non-hydrogen) atoms. The van der Waals surface area contributed by atoms with Crippen molar-refractivity contribution in [1.29, 1.82) is 0 Å². The minimum absolute atomic E-state index is 0.0833. The molecule has 1 amide bonds. The minimum atomic E-state index is 0.0833. The van der Waals surface area contributed by atoms with E-state index < -0.39 is 0 Å². The van der Waals surface area contributed by atoms with Crippen LogP contribution in [-0.4, -0.2) is 34.9 Å². The third kappa shape index (κ3) is 2.52. The lowest BCUT2D eigenvalue weighted by Crippen LogP contribution is -2.49. The summed E-state index contributed by atoms with van der Waals surface area (Å²) < 4.78 is 0. The van der Waals surface area contributed by atoms with Crippen molar-refractivity contribution < 1.29 is 4.79 Å². The van der Waals surface area contributed by atoms with E-state index in [1.165, 1.54) is 6.42 Å². The van der Waals surface area contributed by atoms with Crippen LogP contribution in [-0.2, 0) is 0 Å². The van der Waals surface area contributed by atoms with Gasteiger partial charge in [-0.05, 0) is 30.9 Å². The second-order valence-electron chi connectivity index (χ2n) is 4.77. The summed E-state index contributed by atoms with van der Waals surface area (Å²) in [5, 5.41) is 0. The van der Waals surface area contributed by atoms with E-state index in [1.54, 1.807) is 6.20 Å². The lowest BCUT2D eigenvalue weighted by atomic mass is 9.88.